The molecule has 1 saturated heterocycles. The number of aromatic amines is 1. The highest BCUT2D eigenvalue weighted by Crippen LogP contribution is 2.40. The molecule has 1 aromatic heterocycles. The summed E-state index contributed by atoms with van der Waals surface area (Å²) in [6, 6.07) is 10.0. The quantitative estimate of drug-likeness (QED) is 0.292. The number of nitrogens with one attached hydrogen (secondary N) is 2. The van der Waals surface area contributed by atoms with Crippen LogP contribution in [0.4, 0.5) is 4.39 Å². The Morgan fingerprint density at radius 1 is 1.24 bits per heavy atom. The lowest BCUT2D eigenvalue weighted by Gasteiger charge is -2.44. The van der Waals surface area contributed by atoms with E-state index >= 15 is 0 Å². The monoisotopic (exact) mass is 485 g/mol. The van der Waals surface area contributed by atoms with Crippen molar-refractivity contribution in [2.45, 2.75) is 31.4 Å². The van der Waals surface area contributed by atoms with Crippen molar-refractivity contribution in [1.82, 2.24) is 15.4 Å². The van der Waals surface area contributed by atoms with E-state index in [1.54, 1.807) is 30.3 Å². The molecule has 0 aliphatic carbocycles. The average Bonchev–Trinajstić information content (AvgIpc) is 3.21. The van der Waals surface area contributed by atoms with Gasteiger partial charge >= 0.3 is 0 Å². The Hall–Kier alpha value is -3.20. The van der Waals surface area contributed by atoms with E-state index in [-0.39, 0.29) is 24.0 Å². The molecule has 1 fully saturated rings. The van der Waals surface area contributed by atoms with Gasteiger partial charge in [0, 0.05) is 55.7 Å². The van der Waals surface area contributed by atoms with Gasteiger partial charge in [0.2, 0.25) is 0 Å². The van der Waals surface area contributed by atoms with Crippen LogP contribution >= 0.6 is 12.4 Å². The number of aromatic nitrogens is 1. The molecule has 1 amide bonds. The van der Waals surface area contributed by atoms with Crippen molar-refractivity contribution in [2.75, 3.05) is 13.1 Å². The number of hydroxylamine groups is 1. The van der Waals surface area contributed by atoms with Gasteiger partial charge in [-0.15, -0.1) is 12.4 Å². The molecule has 7 nitrogen and oxygen atoms in total. The number of carbonyl (C=O) groups excluding carboxylic acids is 2. The molecule has 0 atom stereocenters. The number of likely N-dealkylation sites (tertiary alicyclic amines) is 1. The number of rotatable bonds is 4. The van der Waals surface area contributed by atoms with Crippen LogP contribution in [0.5, 0.6) is 5.75 Å². The number of nitrogens with zero attached hydrogens (tertiary/aromatic N) is 1. The van der Waals surface area contributed by atoms with Crippen LogP contribution in [0.25, 0.3) is 17.0 Å². The van der Waals surface area contributed by atoms with Crippen molar-refractivity contribution in [3.8, 4) is 5.75 Å². The van der Waals surface area contributed by atoms with E-state index in [0.717, 1.165) is 42.4 Å². The van der Waals surface area contributed by atoms with E-state index in [9.17, 15) is 14.0 Å². The molecule has 0 unspecified atom stereocenters. The van der Waals surface area contributed by atoms with Crippen molar-refractivity contribution in [1.29, 1.82) is 0 Å². The molecule has 2 aliphatic heterocycles. The van der Waals surface area contributed by atoms with Gasteiger partial charge in [-0.3, -0.25) is 19.7 Å². The highest BCUT2D eigenvalue weighted by atomic mass is 35.5. The third-order valence-electron chi connectivity index (χ3n) is 6.54. The lowest BCUT2D eigenvalue weighted by Crippen LogP contribution is -2.50. The highest BCUT2D eigenvalue weighted by Gasteiger charge is 2.43. The van der Waals surface area contributed by atoms with Crippen LogP contribution in [0.3, 0.4) is 0 Å². The summed E-state index contributed by atoms with van der Waals surface area (Å²) in [5.41, 5.74) is 4.18. The number of halogens is 2. The number of benzene rings is 2. The predicted molar refractivity (Wildman–Crippen MR) is 128 cm³/mol. The molecule has 0 radical (unpaired) electrons. The molecule has 3 heterocycles. The first-order chi connectivity index (χ1) is 15.9. The van der Waals surface area contributed by atoms with Crippen LogP contribution in [-0.4, -0.2) is 45.5 Å². The van der Waals surface area contributed by atoms with Crippen molar-refractivity contribution in [3.63, 3.8) is 0 Å². The lowest BCUT2D eigenvalue weighted by molar-refractivity contribution is -0.124. The molecule has 5 rings (SSSR count). The predicted octanol–water partition coefficient (Wildman–Crippen LogP) is 4.25. The molecule has 0 bridgehead atoms. The SMILES string of the molecule is Cl.O=C(C=Cc1ccc2c(c1)C(=O)CC1(CCN(Cc3c[nH]c4ccc(F)cc34)CC1)O2)NO. The minimum atomic E-state index is -0.640. The molecule has 3 N–H and O–H groups in total. The maximum Gasteiger partial charge on any atom is 0.267 e. The van der Waals surface area contributed by atoms with E-state index in [1.165, 1.54) is 23.7 Å². The summed E-state index contributed by atoms with van der Waals surface area (Å²) in [5.74, 6) is -0.294. The molecule has 2 aliphatic rings. The van der Waals surface area contributed by atoms with Gasteiger partial charge in [-0.2, -0.15) is 0 Å². The average molecular weight is 486 g/mol. The zero-order chi connectivity index (χ0) is 23.0. The fourth-order valence-electron chi connectivity index (χ4n) is 4.74. The van der Waals surface area contributed by atoms with Gasteiger partial charge in [-0.25, -0.2) is 9.87 Å². The molecular weight excluding hydrogens is 461 g/mol. The smallest absolute Gasteiger partial charge is 0.267 e. The summed E-state index contributed by atoms with van der Waals surface area (Å²) in [5, 5.41) is 9.49. The second kappa shape index (κ2) is 9.58. The van der Waals surface area contributed by atoms with Crippen LogP contribution in [0.15, 0.2) is 48.7 Å². The van der Waals surface area contributed by atoms with Gasteiger partial charge in [0.1, 0.15) is 17.2 Å². The van der Waals surface area contributed by atoms with E-state index in [2.05, 4.69) is 9.88 Å². The van der Waals surface area contributed by atoms with Gasteiger partial charge in [-0.1, -0.05) is 6.07 Å². The Labute approximate surface area is 202 Å². The van der Waals surface area contributed by atoms with Crippen LogP contribution in [0, 0.1) is 5.82 Å². The lowest BCUT2D eigenvalue weighted by atomic mass is 9.82. The van der Waals surface area contributed by atoms with Crippen LogP contribution in [0.1, 0.15) is 40.7 Å². The van der Waals surface area contributed by atoms with E-state index in [4.69, 9.17) is 9.94 Å². The Bertz CT molecular complexity index is 1260. The molecule has 34 heavy (non-hydrogen) atoms. The fraction of sp³-hybridized carbons (Fsp3) is 0.280. The summed E-state index contributed by atoms with van der Waals surface area (Å²) in [6.45, 7) is 2.27. The number of ether oxygens (including phenoxy) is 1. The standard InChI is InChI=1S/C25H24FN3O4.ClH/c26-18-3-4-21-19(12-18)17(14-27-21)15-29-9-7-25(8-10-29)13-22(30)20-11-16(1-5-23(20)33-25)2-6-24(31)28-32;/h1-6,11-12,14,27,32H,7-10,13,15H2,(H,28,31);1H. The molecular formula is C25H25ClFN3O4. The van der Waals surface area contributed by atoms with Gasteiger partial charge in [-0.05, 0) is 47.5 Å². The third-order valence-corrected chi connectivity index (χ3v) is 6.54. The maximum absolute atomic E-state index is 13.7. The molecule has 2 aromatic carbocycles. The highest BCUT2D eigenvalue weighted by molar-refractivity contribution is 6.01. The number of Topliss-reactive ketones (excluding diaryl/α,β-unsaturated/α-hetero) is 1. The summed E-state index contributed by atoms with van der Waals surface area (Å²) >= 11 is 0. The van der Waals surface area contributed by atoms with E-state index in [0.29, 0.717) is 29.8 Å². The third kappa shape index (κ3) is 4.70. The number of fused-ring (bicyclic) bond motifs is 2. The number of piperidine rings is 1. The summed E-state index contributed by atoms with van der Waals surface area (Å²) in [7, 11) is 0. The maximum atomic E-state index is 13.7. The first-order valence-corrected chi connectivity index (χ1v) is 10.9. The topological polar surface area (TPSA) is 94.7 Å². The number of amides is 1. The van der Waals surface area contributed by atoms with E-state index < -0.39 is 11.5 Å². The van der Waals surface area contributed by atoms with Crippen LogP contribution in [-0.2, 0) is 11.3 Å². The Balaban J connectivity index is 0.00000274. The van der Waals surface area contributed by atoms with Crippen molar-refractivity contribution in [2.24, 2.45) is 0 Å². The van der Waals surface area contributed by atoms with Crippen LogP contribution < -0.4 is 10.2 Å². The molecule has 178 valence electrons. The molecule has 1 spiro atoms. The van der Waals surface area contributed by atoms with Crippen molar-refractivity contribution < 1.29 is 23.9 Å². The Kier molecular flexibility index (Phi) is 6.74. The second-order valence-corrected chi connectivity index (χ2v) is 8.73. The van der Waals surface area contributed by atoms with E-state index in [1.807, 2.05) is 6.20 Å². The number of carbonyl (C=O) groups is 2. The molecule has 3 aromatic rings. The zero-order valence-corrected chi connectivity index (χ0v) is 19.2. The zero-order valence-electron chi connectivity index (χ0n) is 18.3. The summed E-state index contributed by atoms with van der Waals surface area (Å²) < 4.78 is 20.0. The molecule has 9 heteroatoms. The minimum absolute atomic E-state index is 0. The second-order valence-electron chi connectivity index (χ2n) is 8.73. The Morgan fingerprint density at radius 3 is 2.79 bits per heavy atom. The van der Waals surface area contributed by atoms with Crippen LogP contribution in [0.2, 0.25) is 0 Å². The largest absolute Gasteiger partial charge is 0.486 e. The van der Waals surface area contributed by atoms with Gasteiger partial charge in [0.05, 0.1) is 12.0 Å². The first kappa shape index (κ1) is 23.9. The Morgan fingerprint density at radius 2 is 2.03 bits per heavy atom. The fourth-order valence-corrected chi connectivity index (χ4v) is 4.74. The number of ketones is 1. The van der Waals surface area contributed by atoms with Gasteiger partial charge in [0.25, 0.3) is 5.91 Å². The first-order valence-electron chi connectivity index (χ1n) is 10.9. The number of hydrogen-bond donors (Lipinski definition) is 3. The van der Waals surface area contributed by atoms with Crippen molar-refractivity contribution >= 4 is 41.1 Å². The van der Waals surface area contributed by atoms with Gasteiger partial charge < -0.3 is 9.72 Å². The minimum Gasteiger partial charge on any atom is -0.486 e. The van der Waals surface area contributed by atoms with Crippen molar-refractivity contribution in [3.05, 3.63) is 71.2 Å². The number of H-pyrrole nitrogens is 1. The summed E-state index contributed by atoms with van der Waals surface area (Å²) in [4.78, 5) is 29.6. The normalized spacial score (nSPS) is 17.4. The molecule has 0 saturated carbocycles. The number of hydrogen-bond acceptors (Lipinski definition) is 5. The summed E-state index contributed by atoms with van der Waals surface area (Å²) in [6.07, 6.45) is 6.42. The van der Waals surface area contributed by atoms with Gasteiger partial charge in [0.15, 0.2) is 5.78 Å².